The van der Waals surface area contributed by atoms with E-state index in [1.54, 1.807) is 6.20 Å². The van der Waals surface area contributed by atoms with Gasteiger partial charge >= 0.3 is 0 Å². The SMILES string of the molecule is O=c1[nH]c2ccccc2c(C=Cc2ccccn2)c1C1=CCCC=C1. The van der Waals surface area contributed by atoms with E-state index < -0.39 is 0 Å². The van der Waals surface area contributed by atoms with E-state index in [2.05, 4.69) is 22.1 Å². The zero-order chi connectivity index (χ0) is 17.1. The predicted molar refractivity (Wildman–Crippen MR) is 104 cm³/mol. The van der Waals surface area contributed by atoms with E-state index in [1.165, 1.54) is 0 Å². The molecule has 1 aliphatic rings. The number of hydrogen-bond acceptors (Lipinski definition) is 2. The fourth-order valence-corrected chi connectivity index (χ4v) is 3.17. The van der Waals surface area contributed by atoms with Gasteiger partial charge in [-0.15, -0.1) is 0 Å². The van der Waals surface area contributed by atoms with Gasteiger partial charge in [0.1, 0.15) is 0 Å². The molecule has 1 N–H and O–H groups in total. The first-order valence-electron chi connectivity index (χ1n) is 8.44. The van der Waals surface area contributed by atoms with Crippen LogP contribution in [0.1, 0.15) is 29.7 Å². The van der Waals surface area contributed by atoms with Crippen LogP contribution in [0.5, 0.6) is 0 Å². The number of H-pyrrole nitrogens is 1. The minimum Gasteiger partial charge on any atom is -0.321 e. The molecule has 0 bridgehead atoms. The van der Waals surface area contributed by atoms with Crippen LogP contribution in [0.4, 0.5) is 0 Å². The van der Waals surface area contributed by atoms with Gasteiger partial charge in [0.05, 0.1) is 11.3 Å². The Kier molecular flexibility index (Phi) is 4.13. The topological polar surface area (TPSA) is 45.8 Å². The van der Waals surface area contributed by atoms with Crippen molar-refractivity contribution >= 4 is 28.6 Å². The summed E-state index contributed by atoms with van der Waals surface area (Å²) in [7, 11) is 0. The lowest BCUT2D eigenvalue weighted by molar-refractivity contribution is 1.04. The molecular formula is C22H18N2O. The average molecular weight is 326 g/mol. The number of allylic oxidation sites excluding steroid dienone is 4. The molecule has 3 heteroatoms. The summed E-state index contributed by atoms with van der Waals surface area (Å²) < 4.78 is 0. The van der Waals surface area contributed by atoms with Crippen LogP contribution in [-0.4, -0.2) is 9.97 Å². The quantitative estimate of drug-likeness (QED) is 0.749. The summed E-state index contributed by atoms with van der Waals surface area (Å²) in [5, 5.41) is 1.03. The number of fused-ring (bicyclic) bond motifs is 1. The van der Waals surface area contributed by atoms with Gasteiger partial charge in [-0.2, -0.15) is 0 Å². The Labute approximate surface area is 146 Å². The largest absolute Gasteiger partial charge is 0.321 e. The molecule has 122 valence electrons. The number of nitrogens with zero attached hydrogens (tertiary/aromatic N) is 1. The van der Waals surface area contributed by atoms with Gasteiger partial charge in [0.15, 0.2) is 0 Å². The molecule has 0 spiro atoms. The van der Waals surface area contributed by atoms with Gasteiger partial charge in [-0.1, -0.05) is 48.6 Å². The zero-order valence-corrected chi connectivity index (χ0v) is 13.8. The molecule has 2 aromatic heterocycles. The number of aromatic amines is 1. The second kappa shape index (κ2) is 6.73. The Bertz CT molecular complexity index is 1060. The first-order valence-corrected chi connectivity index (χ1v) is 8.44. The number of para-hydroxylation sites is 1. The third kappa shape index (κ3) is 3.09. The van der Waals surface area contributed by atoms with Crippen molar-refractivity contribution in [2.75, 3.05) is 0 Å². The van der Waals surface area contributed by atoms with E-state index in [0.29, 0.717) is 0 Å². The summed E-state index contributed by atoms with van der Waals surface area (Å²) >= 11 is 0. The Hall–Kier alpha value is -3.20. The monoisotopic (exact) mass is 326 g/mol. The lowest BCUT2D eigenvalue weighted by atomic mass is 9.93. The molecule has 0 fully saturated rings. The van der Waals surface area contributed by atoms with E-state index in [1.807, 2.05) is 60.7 Å². The maximum absolute atomic E-state index is 12.8. The highest BCUT2D eigenvalue weighted by molar-refractivity contribution is 5.96. The van der Waals surface area contributed by atoms with Crippen LogP contribution in [0.15, 0.2) is 71.7 Å². The minimum absolute atomic E-state index is 0.0582. The molecule has 2 heterocycles. The van der Waals surface area contributed by atoms with Crippen LogP contribution in [0.2, 0.25) is 0 Å². The molecule has 0 aliphatic heterocycles. The van der Waals surface area contributed by atoms with E-state index >= 15 is 0 Å². The molecular weight excluding hydrogens is 308 g/mol. The van der Waals surface area contributed by atoms with E-state index in [-0.39, 0.29) is 5.56 Å². The summed E-state index contributed by atoms with van der Waals surface area (Å²) in [6.45, 7) is 0. The smallest absolute Gasteiger partial charge is 0.256 e. The lowest BCUT2D eigenvalue weighted by Crippen LogP contribution is -2.14. The summed E-state index contributed by atoms with van der Waals surface area (Å²) in [4.78, 5) is 20.1. The van der Waals surface area contributed by atoms with Gasteiger partial charge in [0, 0.05) is 17.1 Å². The molecule has 0 amide bonds. The summed E-state index contributed by atoms with van der Waals surface area (Å²) in [5.41, 5.74) is 4.30. The molecule has 1 aliphatic carbocycles. The second-order valence-corrected chi connectivity index (χ2v) is 6.02. The predicted octanol–water partition coefficient (Wildman–Crippen LogP) is 4.83. The standard InChI is InChI=1S/C22H18N2O/c25-22-21(16-8-2-1-3-9-16)19(14-13-17-10-6-7-15-23-17)18-11-4-5-12-20(18)24-22/h2,4-15H,1,3H2,(H,24,25). The number of benzene rings is 1. The first-order chi connectivity index (χ1) is 12.3. The first kappa shape index (κ1) is 15.3. The van der Waals surface area contributed by atoms with Gasteiger partial charge in [-0.05, 0) is 48.3 Å². The Morgan fingerprint density at radius 2 is 1.88 bits per heavy atom. The van der Waals surface area contributed by atoms with Crippen molar-refractivity contribution in [3.63, 3.8) is 0 Å². The molecule has 3 nitrogen and oxygen atoms in total. The number of aromatic nitrogens is 2. The molecule has 0 atom stereocenters. The fourth-order valence-electron chi connectivity index (χ4n) is 3.17. The molecule has 25 heavy (non-hydrogen) atoms. The number of nitrogens with one attached hydrogen (secondary N) is 1. The van der Waals surface area contributed by atoms with Crippen LogP contribution in [-0.2, 0) is 0 Å². The van der Waals surface area contributed by atoms with E-state index in [0.717, 1.165) is 46.1 Å². The summed E-state index contributed by atoms with van der Waals surface area (Å²) in [6.07, 6.45) is 14.0. The van der Waals surface area contributed by atoms with Crippen LogP contribution >= 0.6 is 0 Å². The van der Waals surface area contributed by atoms with Crippen molar-refractivity contribution in [1.29, 1.82) is 0 Å². The highest BCUT2D eigenvalue weighted by Gasteiger charge is 2.14. The molecule has 0 saturated heterocycles. The number of rotatable bonds is 3. The Morgan fingerprint density at radius 3 is 2.68 bits per heavy atom. The van der Waals surface area contributed by atoms with Gasteiger partial charge in [0.2, 0.25) is 0 Å². The second-order valence-electron chi connectivity index (χ2n) is 6.02. The maximum Gasteiger partial charge on any atom is 0.256 e. The van der Waals surface area contributed by atoms with Crippen LogP contribution in [0.25, 0.3) is 28.6 Å². The van der Waals surface area contributed by atoms with Gasteiger partial charge in [-0.3, -0.25) is 9.78 Å². The third-order valence-electron chi connectivity index (χ3n) is 4.35. The molecule has 0 radical (unpaired) electrons. The Balaban J connectivity index is 1.96. The zero-order valence-electron chi connectivity index (χ0n) is 13.8. The average Bonchev–Trinajstić information content (AvgIpc) is 2.67. The van der Waals surface area contributed by atoms with Crippen LogP contribution < -0.4 is 5.56 Å². The number of pyridine rings is 2. The van der Waals surface area contributed by atoms with Crippen molar-refractivity contribution < 1.29 is 0 Å². The highest BCUT2D eigenvalue weighted by atomic mass is 16.1. The van der Waals surface area contributed by atoms with Crippen molar-refractivity contribution in [2.24, 2.45) is 0 Å². The van der Waals surface area contributed by atoms with Crippen LogP contribution in [0.3, 0.4) is 0 Å². The van der Waals surface area contributed by atoms with E-state index in [9.17, 15) is 4.79 Å². The highest BCUT2D eigenvalue weighted by Crippen LogP contribution is 2.28. The fraction of sp³-hybridized carbons (Fsp3) is 0.0909. The molecule has 0 unspecified atom stereocenters. The molecule has 1 aromatic carbocycles. The van der Waals surface area contributed by atoms with Gasteiger partial charge in [-0.25, -0.2) is 0 Å². The van der Waals surface area contributed by atoms with Crippen molar-refractivity contribution in [1.82, 2.24) is 9.97 Å². The van der Waals surface area contributed by atoms with Crippen molar-refractivity contribution in [3.8, 4) is 0 Å². The minimum atomic E-state index is -0.0582. The molecule has 4 rings (SSSR count). The summed E-state index contributed by atoms with van der Waals surface area (Å²) in [5.74, 6) is 0. The molecule has 3 aromatic rings. The Morgan fingerprint density at radius 1 is 1.00 bits per heavy atom. The molecule has 0 saturated carbocycles. The maximum atomic E-state index is 12.8. The number of hydrogen-bond donors (Lipinski definition) is 1. The lowest BCUT2D eigenvalue weighted by Gasteiger charge is -2.12. The van der Waals surface area contributed by atoms with Gasteiger partial charge in [0.25, 0.3) is 5.56 Å². The van der Waals surface area contributed by atoms with E-state index in [4.69, 9.17) is 0 Å². The van der Waals surface area contributed by atoms with Gasteiger partial charge < -0.3 is 4.98 Å². The summed E-state index contributed by atoms with van der Waals surface area (Å²) in [6, 6.07) is 13.7. The normalized spacial score (nSPS) is 14.2. The van der Waals surface area contributed by atoms with Crippen molar-refractivity contribution in [3.05, 3.63) is 94.1 Å². The van der Waals surface area contributed by atoms with Crippen LogP contribution in [0, 0.1) is 0 Å². The van der Waals surface area contributed by atoms with Crippen molar-refractivity contribution in [2.45, 2.75) is 12.8 Å². The third-order valence-corrected chi connectivity index (χ3v) is 4.35.